The SMILES string of the molecule is C[C@H](NC(=O)c1ccccc1CCc1ccccc1)c1ccc(C(C)(C)C)cc1. The smallest absolute Gasteiger partial charge is 0.252 e. The minimum Gasteiger partial charge on any atom is -0.346 e. The summed E-state index contributed by atoms with van der Waals surface area (Å²) >= 11 is 0. The Hall–Kier alpha value is -2.87. The van der Waals surface area contributed by atoms with Crippen molar-refractivity contribution in [2.75, 3.05) is 0 Å². The van der Waals surface area contributed by atoms with E-state index in [1.807, 2.05) is 31.2 Å². The van der Waals surface area contributed by atoms with Gasteiger partial charge in [0, 0.05) is 5.56 Å². The summed E-state index contributed by atoms with van der Waals surface area (Å²) in [5.74, 6) is -0.0129. The van der Waals surface area contributed by atoms with Gasteiger partial charge in [0.05, 0.1) is 6.04 Å². The predicted molar refractivity (Wildman–Crippen MR) is 121 cm³/mol. The van der Waals surface area contributed by atoms with Crippen molar-refractivity contribution in [1.29, 1.82) is 0 Å². The number of benzene rings is 3. The number of carbonyl (C=O) groups excluding carboxylic acids is 1. The van der Waals surface area contributed by atoms with Gasteiger partial charge >= 0.3 is 0 Å². The fourth-order valence-corrected chi connectivity index (χ4v) is 3.51. The van der Waals surface area contributed by atoms with Gasteiger partial charge in [0.15, 0.2) is 0 Å². The van der Waals surface area contributed by atoms with Gasteiger partial charge in [-0.2, -0.15) is 0 Å². The first-order valence-corrected chi connectivity index (χ1v) is 10.4. The largest absolute Gasteiger partial charge is 0.346 e. The summed E-state index contributed by atoms with van der Waals surface area (Å²) < 4.78 is 0. The van der Waals surface area contributed by atoms with Gasteiger partial charge in [-0.25, -0.2) is 0 Å². The third-order valence-corrected chi connectivity index (χ3v) is 5.41. The van der Waals surface area contributed by atoms with Crippen molar-refractivity contribution in [1.82, 2.24) is 5.32 Å². The number of rotatable bonds is 6. The molecule has 0 aliphatic heterocycles. The second-order valence-corrected chi connectivity index (χ2v) is 8.71. The highest BCUT2D eigenvalue weighted by Crippen LogP contribution is 2.24. The second-order valence-electron chi connectivity index (χ2n) is 8.71. The van der Waals surface area contributed by atoms with Gasteiger partial charge in [0.1, 0.15) is 0 Å². The van der Waals surface area contributed by atoms with Crippen molar-refractivity contribution < 1.29 is 4.79 Å². The standard InChI is InChI=1S/C27H31NO/c1-20(22-16-18-24(19-17-22)27(2,3)4)28-26(29)25-13-9-8-12-23(25)15-14-21-10-6-5-7-11-21/h5-13,16-20H,14-15H2,1-4H3,(H,28,29)/t20-/m0/s1. The lowest BCUT2D eigenvalue weighted by atomic mass is 9.86. The molecule has 150 valence electrons. The van der Waals surface area contributed by atoms with Crippen LogP contribution in [0.1, 0.15) is 66.3 Å². The fourth-order valence-electron chi connectivity index (χ4n) is 3.51. The van der Waals surface area contributed by atoms with Gasteiger partial charge in [-0.15, -0.1) is 0 Å². The number of aryl methyl sites for hydroxylation is 2. The molecule has 0 aromatic heterocycles. The zero-order chi connectivity index (χ0) is 20.9. The Balaban J connectivity index is 1.69. The van der Waals surface area contributed by atoms with Crippen molar-refractivity contribution >= 4 is 5.91 Å². The molecule has 0 heterocycles. The molecule has 1 N–H and O–H groups in total. The van der Waals surface area contributed by atoms with E-state index >= 15 is 0 Å². The fraction of sp³-hybridized carbons (Fsp3) is 0.296. The highest BCUT2D eigenvalue weighted by molar-refractivity contribution is 5.95. The Bertz CT molecular complexity index is 936. The first kappa shape index (κ1) is 20.9. The third kappa shape index (κ3) is 5.57. The van der Waals surface area contributed by atoms with Crippen LogP contribution in [0.4, 0.5) is 0 Å². The van der Waals surface area contributed by atoms with Gasteiger partial charge in [0.2, 0.25) is 0 Å². The van der Waals surface area contributed by atoms with Crippen LogP contribution in [0.5, 0.6) is 0 Å². The summed E-state index contributed by atoms with van der Waals surface area (Å²) in [5.41, 5.74) is 5.68. The maximum absolute atomic E-state index is 13.0. The molecule has 3 aromatic carbocycles. The van der Waals surface area contributed by atoms with Gasteiger partial charge in [0.25, 0.3) is 5.91 Å². The molecular formula is C27H31NO. The molecule has 0 saturated carbocycles. The number of nitrogens with one attached hydrogen (secondary N) is 1. The summed E-state index contributed by atoms with van der Waals surface area (Å²) in [6, 6.07) is 26.8. The molecule has 0 spiro atoms. The minimum atomic E-state index is -0.0429. The van der Waals surface area contributed by atoms with Crippen LogP contribution in [0, 0.1) is 0 Å². The third-order valence-electron chi connectivity index (χ3n) is 5.41. The van der Waals surface area contributed by atoms with Crippen LogP contribution in [0.2, 0.25) is 0 Å². The van der Waals surface area contributed by atoms with E-state index < -0.39 is 0 Å². The van der Waals surface area contributed by atoms with Crippen molar-refractivity contribution in [3.05, 3.63) is 107 Å². The molecule has 0 saturated heterocycles. The van der Waals surface area contributed by atoms with E-state index in [-0.39, 0.29) is 17.4 Å². The first-order valence-electron chi connectivity index (χ1n) is 10.4. The molecule has 0 unspecified atom stereocenters. The molecule has 0 bridgehead atoms. The Kier molecular flexibility index (Phi) is 6.53. The van der Waals surface area contributed by atoms with E-state index in [2.05, 4.69) is 80.7 Å². The van der Waals surface area contributed by atoms with Gasteiger partial charge in [-0.1, -0.05) is 93.6 Å². The number of amides is 1. The lowest BCUT2D eigenvalue weighted by molar-refractivity contribution is 0.0939. The summed E-state index contributed by atoms with van der Waals surface area (Å²) in [6.45, 7) is 8.66. The monoisotopic (exact) mass is 385 g/mol. The molecule has 0 radical (unpaired) electrons. The van der Waals surface area contributed by atoms with Crippen LogP contribution >= 0.6 is 0 Å². The minimum absolute atomic E-state index is 0.0129. The summed E-state index contributed by atoms with van der Waals surface area (Å²) in [7, 11) is 0. The van der Waals surface area contributed by atoms with Crippen LogP contribution in [0.3, 0.4) is 0 Å². The van der Waals surface area contributed by atoms with Crippen LogP contribution in [-0.4, -0.2) is 5.91 Å². The summed E-state index contributed by atoms with van der Waals surface area (Å²) in [4.78, 5) is 13.0. The topological polar surface area (TPSA) is 29.1 Å². The average molecular weight is 386 g/mol. The average Bonchev–Trinajstić information content (AvgIpc) is 2.72. The molecule has 29 heavy (non-hydrogen) atoms. The van der Waals surface area contributed by atoms with Crippen LogP contribution in [0.25, 0.3) is 0 Å². The maximum atomic E-state index is 13.0. The molecule has 0 aliphatic rings. The molecule has 1 atom stereocenters. The van der Waals surface area contributed by atoms with Crippen LogP contribution < -0.4 is 5.32 Å². The summed E-state index contributed by atoms with van der Waals surface area (Å²) in [5, 5.41) is 3.17. The Morgan fingerprint density at radius 3 is 2.10 bits per heavy atom. The second kappa shape index (κ2) is 9.09. The Morgan fingerprint density at radius 1 is 0.828 bits per heavy atom. The highest BCUT2D eigenvalue weighted by Gasteiger charge is 2.17. The Morgan fingerprint density at radius 2 is 1.45 bits per heavy atom. The van der Waals surface area contributed by atoms with Crippen molar-refractivity contribution in [2.45, 2.75) is 52.0 Å². The number of hydrogen-bond acceptors (Lipinski definition) is 1. The van der Waals surface area contributed by atoms with Crippen LogP contribution in [0.15, 0.2) is 78.9 Å². The molecular weight excluding hydrogens is 354 g/mol. The molecule has 0 fully saturated rings. The molecule has 0 aliphatic carbocycles. The summed E-state index contributed by atoms with van der Waals surface area (Å²) in [6.07, 6.45) is 1.78. The number of hydrogen-bond donors (Lipinski definition) is 1. The van der Waals surface area contributed by atoms with Crippen LogP contribution in [-0.2, 0) is 18.3 Å². The number of carbonyl (C=O) groups is 1. The van der Waals surface area contributed by atoms with Gasteiger partial charge in [-0.3, -0.25) is 4.79 Å². The Labute approximate surface area is 175 Å². The normalized spacial score (nSPS) is 12.4. The van der Waals surface area contributed by atoms with Crippen molar-refractivity contribution in [3.8, 4) is 0 Å². The van der Waals surface area contributed by atoms with E-state index in [1.54, 1.807) is 0 Å². The highest BCUT2D eigenvalue weighted by atomic mass is 16.1. The van der Waals surface area contributed by atoms with Crippen molar-refractivity contribution in [2.24, 2.45) is 0 Å². The lowest BCUT2D eigenvalue weighted by Crippen LogP contribution is -2.27. The maximum Gasteiger partial charge on any atom is 0.252 e. The molecule has 3 rings (SSSR count). The van der Waals surface area contributed by atoms with Gasteiger partial charge in [-0.05, 0) is 53.5 Å². The van der Waals surface area contributed by atoms with Crippen molar-refractivity contribution in [3.63, 3.8) is 0 Å². The molecule has 2 nitrogen and oxygen atoms in total. The van der Waals surface area contributed by atoms with E-state index in [9.17, 15) is 4.79 Å². The quantitative estimate of drug-likeness (QED) is 0.533. The molecule has 3 aromatic rings. The zero-order valence-corrected chi connectivity index (χ0v) is 17.9. The van der Waals surface area contributed by atoms with E-state index in [0.29, 0.717) is 0 Å². The van der Waals surface area contributed by atoms with E-state index in [0.717, 1.165) is 29.5 Å². The molecule has 2 heteroatoms. The first-order chi connectivity index (χ1) is 13.8. The molecule has 1 amide bonds. The zero-order valence-electron chi connectivity index (χ0n) is 17.9. The van der Waals surface area contributed by atoms with E-state index in [4.69, 9.17) is 0 Å². The van der Waals surface area contributed by atoms with Gasteiger partial charge < -0.3 is 5.32 Å². The lowest BCUT2D eigenvalue weighted by Gasteiger charge is -2.21. The predicted octanol–water partition coefficient (Wildman–Crippen LogP) is 6.26. The van der Waals surface area contributed by atoms with E-state index in [1.165, 1.54) is 11.1 Å².